The van der Waals surface area contributed by atoms with Crippen LogP contribution in [0.25, 0.3) is 0 Å². The lowest BCUT2D eigenvalue weighted by Gasteiger charge is -2.10. The zero-order chi connectivity index (χ0) is 9.68. The Hall–Kier alpha value is -1.57. The Kier molecular flexibility index (Phi) is 3.26. The zero-order valence-corrected chi connectivity index (χ0v) is 7.90. The van der Waals surface area contributed by atoms with Gasteiger partial charge in [0, 0.05) is 18.8 Å². The van der Waals surface area contributed by atoms with E-state index in [1.165, 1.54) is 0 Å². The summed E-state index contributed by atoms with van der Waals surface area (Å²) in [5.41, 5.74) is 0.711. The van der Waals surface area contributed by atoms with Gasteiger partial charge in [-0.15, -0.1) is 0 Å². The fraction of sp³-hybridized carbons (Fsp3) is 0.182. The van der Waals surface area contributed by atoms with E-state index in [4.69, 9.17) is 0 Å². The number of carbonyl (C=O) groups excluding carboxylic acids is 1. The van der Waals surface area contributed by atoms with Gasteiger partial charge in [-0.1, -0.05) is 24.3 Å². The van der Waals surface area contributed by atoms with Crippen molar-refractivity contribution >= 4 is 5.91 Å². The summed E-state index contributed by atoms with van der Waals surface area (Å²) in [5, 5.41) is 0. The molecule has 1 aromatic carbocycles. The lowest BCUT2D eigenvalue weighted by molar-refractivity contribution is 0.0850. The van der Waals surface area contributed by atoms with Gasteiger partial charge in [-0.3, -0.25) is 4.79 Å². The van der Waals surface area contributed by atoms with Gasteiger partial charge in [0.15, 0.2) is 0 Å². The number of nitrogens with zero attached hydrogens (tertiary/aromatic N) is 1. The number of rotatable bonds is 2. The summed E-state index contributed by atoms with van der Waals surface area (Å²) in [6.45, 7) is 1.88. The Balaban J connectivity index is 2.80. The van der Waals surface area contributed by atoms with Crippen molar-refractivity contribution in [2.75, 3.05) is 7.05 Å². The summed E-state index contributed by atoms with van der Waals surface area (Å²) in [7, 11) is 1.75. The largest absolute Gasteiger partial charge is 0.318 e. The average molecular weight is 175 g/mol. The summed E-state index contributed by atoms with van der Waals surface area (Å²) >= 11 is 0. The summed E-state index contributed by atoms with van der Waals surface area (Å²) < 4.78 is 0. The van der Waals surface area contributed by atoms with E-state index in [-0.39, 0.29) is 5.91 Å². The van der Waals surface area contributed by atoms with Crippen LogP contribution < -0.4 is 0 Å². The quantitative estimate of drug-likeness (QED) is 0.675. The second-order valence-electron chi connectivity index (χ2n) is 2.76. The molecule has 0 fully saturated rings. The molecule has 1 amide bonds. The number of carbonyl (C=O) groups is 1. The molecular formula is C11H13NO. The first-order valence-corrected chi connectivity index (χ1v) is 4.20. The minimum atomic E-state index is 0.0127. The van der Waals surface area contributed by atoms with Gasteiger partial charge >= 0.3 is 0 Å². The molecule has 0 aliphatic heterocycles. The molecule has 2 nitrogen and oxygen atoms in total. The van der Waals surface area contributed by atoms with Gasteiger partial charge in [0.05, 0.1) is 0 Å². The van der Waals surface area contributed by atoms with Crippen LogP contribution in [-0.2, 0) is 0 Å². The molecule has 0 spiro atoms. The molecule has 68 valence electrons. The normalized spacial score (nSPS) is 10.3. The molecule has 2 heteroatoms. The van der Waals surface area contributed by atoms with E-state index in [1.807, 2.05) is 43.3 Å². The van der Waals surface area contributed by atoms with Gasteiger partial charge in [-0.2, -0.15) is 0 Å². The summed E-state index contributed by atoms with van der Waals surface area (Å²) in [6.07, 6.45) is 3.58. The third-order valence-corrected chi connectivity index (χ3v) is 1.71. The van der Waals surface area contributed by atoms with E-state index in [0.717, 1.165) is 0 Å². The van der Waals surface area contributed by atoms with Gasteiger partial charge in [0.1, 0.15) is 0 Å². The molecule has 0 saturated heterocycles. The van der Waals surface area contributed by atoms with Gasteiger partial charge in [-0.25, -0.2) is 0 Å². The van der Waals surface area contributed by atoms with Crippen LogP contribution in [0.5, 0.6) is 0 Å². The monoisotopic (exact) mass is 175 g/mol. The third-order valence-electron chi connectivity index (χ3n) is 1.71. The topological polar surface area (TPSA) is 20.3 Å². The van der Waals surface area contributed by atoms with Crippen LogP contribution >= 0.6 is 0 Å². The van der Waals surface area contributed by atoms with Crippen LogP contribution in [0.1, 0.15) is 17.3 Å². The fourth-order valence-electron chi connectivity index (χ4n) is 1.08. The highest BCUT2D eigenvalue weighted by atomic mass is 16.2. The molecule has 13 heavy (non-hydrogen) atoms. The molecule has 0 aliphatic rings. The highest BCUT2D eigenvalue weighted by Crippen LogP contribution is 2.02. The molecule has 0 aliphatic carbocycles. The second kappa shape index (κ2) is 4.45. The van der Waals surface area contributed by atoms with Crippen molar-refractivity contribution in [2.24, 2.45) is 0 Å². The van der Waals surface area contributed by atoms with Crippen molar-refractivity contribution in [1.82, 2.24) is 4.90 Å². The predicted molar refractivity (Wildman–Crippen MR) is 53.3 cm³/mol. The highest BCUT2D eigenvalue weighted by Gasteiger charge is 2.06. The summed E-state index contributed by atoms with van der Waals surface area (Å²) in [5.74, 6) is 0.0127. The fourth-order valence-corrected chi connectivity index (χ4v) is 1.08. The van der Waals surface area contributed by atoms with Gasteiger partial charge in [0.25, 0.3) is 5.91 Å². The zero-order valence-electron chi connectivity index (χ0n) is 7.90. The maximum absolute atomic E-state index is 11.6. The second-order valence-corrected chi connectivity index (χ2v) is 2.76. The molecule has 0 aromatic heterocycles. The summed E-state index contributed by atoms with van der Waals surface area (Å²) in [4.78, 5) is 13.2. The first-order valence-electron chi connectivity index (χ1n) is 4.20. The summed E-state index contributed by atoms with van der Waals surface area (Å²) in [6, 6.07) is 9.23. The number of benzene rings is 1. The van der Waals surface area contributed by atoms with Crippen LogP contribution in [0.15, 0.2) is 42.6 Å². The maximum Gasteiger partial charge on any atom is 0.257 e. The molecule has 0 N–H and O–H groups in total. The van der Waals surface area contributed by atoms with Gasteiger partial charge in [-0.05, 0) is 19.1 Å². The molecule has 0 bridgehead atoms. The molecule has 0 saturated carbocycles. The number of hydrogen-bond acceptors (Lipinski definition) is 1. The third kappa shape index (κ3) is 2.44. The van der Waals surface area contributed by atoms with Crippen molar-refractivity contribution in [2.45, 2.75) is 6.92 Å². The Morgan fingerprint density at radius 2 is 1.92 bits per heavy atom. The van der Waals surface area contributed by atoms with Crippen LogP contribution in [0.2, 0.25) is 0 Å². The van der Waals surface area contributed by atoms with Crippen molar-refractivity contribution < 1.29 is 4.79 Å². The first-order chi connectivity index (χ1) is 6.25. The molecule has 0 radical (unpaired) electrons. The minimum Gasteiger partial charge on any atom is -0.318 e. The Bertz CT molecular complexity index is 303. The number of amides is 1. The van der Waals surface area contributed by atoms with E-state index in [2.05, 4.69) is 0 Å². The van der Waals surface area contributed by atoms with E-state index >= 15 is 0 Å². The maximum atomic E-state index is 11.6. The van der Waals surface area contributed by atoms with E-state index < -0.39 is 0 Å². The number of hydrogen-bond donors (Lipinski definition) is 0. The van der Waals surface area contributed by atoms with Crippen LogP contribution in [0.4, 0.5) is 0 Å². The minimum absolute atomic E-state index is 0.0127. The van der Waals surface area contributed by atoms with Crippen molar-refractivity contribution in [3.05, 3.63) is 48.2 Å². The highest BCUT2D eigenvalue weighted by molar-refractivity contribution is 5.94. The lowest BCUT2D eigenvalue weighted by atomic mass is 10.2. The van der Waals surface area contributed by atoms with Gasteiger partial charge in [0.2, 0.25) is 0 Å². The molecular weight excluding hydrogens is 162 g/mol. The van der Waals surface area contributed by atoms with Crippen LogP contribution in [-0.4, -0.2) is 17.9 Å². The predicted octanol–water partition coefficient (Wildman–Crippen LogP) is 2.29. The standard InChI is InChI=1S/C11H13NO/c1-3-9-12(2)11(13)10-7-5-4-6-8-10/h3-9H,1-2H3/b9-3-. The Labute approximate surface area is 78.5 Å². The van der Waals surface area contributed by atoms with Gasteiger partial charge < -0.3 is 4.90 Å². The van der Waals surface area contributed by atoms with Crippen molar-refractivity contribution in [3.63, 3.8) is 0 Å². The van der Waals surface area contributed by atoms with Crippen molar-refractivity contribution in [3.8, 4) is 0 Å². The smallest absolute Gasteiger partial charge is 0.257 e. The van der Waals surface area contributed by atoms with E-state index in [1.54, 1.807) is 18.1 Å². The van der Waals surface area contributed by atoms with E-state index in [0.29, 0.717) is 5.56 Å². The lowest BCUT2D eigenvalue weighted by Crippen LogP contribution is -2.20. The Morgan fingerprint density at radius 3 is 2.46 bits per heavy atom. The first kappa shape index (κ1) is 9.52. The molecule has 1 rings (SSSR count). The molecule has 0 unspecified atom stereocenters. The van der Waals surface area contributed by atoms with E-state index in [9.17, 15) is 4.79 Å². The molecule has 1 aromatic rings. The van der Waals surface area contributed by atoms with Crippen molar-refractivity contribution in [1.29, 1.82) is 0 Å². The van der Waals surface area contributed by atoms with Crippen LogP contribution in [0, 0.1) is 0 Å². The Morgan fingerprint density at radius 1 is 1.31 bits per heavy atom. The average Bonchev–Trinajstić information content (AvgIpc) is 2.18. The SMILES string of the molecule is C/C=C\N(C)C(=O)c1ccccc1. The van der Waals surface area contributed by atoms with Crippen LogP contribution in [0.3, 0.4) is 0 Å². The molecule has 0 heterocycles. The number of allylic oxidation sites excluding steroid dienone is 1. The molecule has 0 atom stereocenters.